The Morgan fingerprint density at radius 3 is 2.70 bits per heavy atom. The van der Waals surface area contributed by atoms with E-state index >= 15 is 0 Å². The molecule has 3 rings (SSSR count). The first kappa shape index (κ1) is 12.8. The van der Waals surface area contributed by atoms with Gasteiger partial charge in [0.1, 0.15) is 17.2 Å². The molecule has 3 nitrogen and oxygen atoms in total. The molecule has 102 valence electrons. The number of hydrogen-bond donors (Lipinski definition) is 0. The highest BCUT2D eigenvalue weighted by atomic mass is 19.1. The van der Waals surface area contributed by atoms with Crippen LogP contribution in [0.1, 0.15) is 24.7 Å². The Morgan fingerprint density at radius 2 is 1.95 bits per heavy atom. The molecule has 2 heterocycles. The van der Waals surface area contributed by atoms with Crippen LogP contribution in [0.15, 0.2) is 42.6 Å². The highest BCUT2D eigenvalue weighted by molar-refractivity contribution is 5.71. The minimum atomic E-state index is -0.212. The average Bonchev–Trinajstić information content (AvgIpc) is 2.80. The number of halogens is 1. The lowest BCUT2D eigenvalue weighted by molar-refractivity contribution is 0.626. The third-order valence-corrected chi connectivity index (χ3v) is 3.31. The molecular formula is C16H16FN3. The van der Waals surface area contributed by atoms with Crippen molar-refractivity contribution in [3.63, 3.8) is 0 Å². The largest absolute Gasteiger partial charge is 0.308 e. The first-order chi connectivity index (χ1) is 9.78. The zero-order valence-electron chi connectivity index (χ0n) is 11.4. The molecule has 0 unspecified atom stereocenters. The molecule has 0 saturated heterocycles. The summed E-state index contributed by atoms with van der Waals surface area (Å²) in [5, 5.41) is 0. The van der Waals surface area contributed by atoms with Crippen LogP contribution in [0.5, 0.6) is 0 Å². The van der Waals surface area contributed by atoms with Gasteiger partial charge in [-0.05, 0) is 36.2 Å². The molecule has 0 N–H and O–H groups in total. The van der Waals surface area contributed by atoms with E-state index in [4.69, 9.17) is 0 Å². The van der Waals surface area contributed by atoms with Gasteiger partial charge in [-0.25, -0.2) is 14.4 Å². The number of imidazole rings is 1. The molecule has 0 aliphatic heterocycles. The smallest absolute Gasteiger partial charge is 0.160 e. The van der Waals surface area contributed by atoms with Crippen molar-refractivity contribution in [2.24, 2.45) is 0 Å². The first-order valence-corrected chi connectivity index (χ1v) is 6.82. The van der Waals surface area contributed by atoms with Gasteiger partial charge in [0, 0.05) is 12.6 Å². The third-order valence-electron chi connectivity index (χ3n) is 3.31. The summed E-state index contributed by atoms with van der Waals surface area (Å²) in [5.41, 5.74) is 2.85. The van der Waals surface area contributed by atoms with E-state index in [0.29, 0.717) is 6.54 Å². The molecular weight excluding hydrogens is 253 g/mol. The molecule has 3 aromatic rings. The molecule has 0 aliphatic carbocycles. The van der Waals surface area contributed by atoms with Crippen molar-refractivity contribution in [2.75, 3.05) is 0 Å². The maximum atomic E-state index is 13.0. The lowest BCUT2D eigenvalue weighted by atomic mass is 10.2. The van der Waals surface area contributed by atoms with Gasteiger partial charge in [-0.2, -0.15) is 0 Å². The Morgan fingerprint density at radius 1 is 1.15 bits per heavy atom. The van der Waals surface area contributed by atoms with Crippen LogP contribution in [0.3, 0.4) is 0 Å². The highest BCUT2D eigenvalue weighted by Gasteiger charge is 2.11. The second-order valence-electron chi connectivity index (χ2n) is 4.84. The van der Waals surface area contributed by atoms with E-state index < -0.39 is 0 Å². The quantitative estimate of drug-likeness (QED) is 0.725. The Balaban J connectivity index is 2.04. The Labute approximate surface area is 117 Å². The van der Waals surface area contributed by atoms with Gasteiger partial charge >= 0.3 is 0 Å². The van der Waals surface area contributed by atoms with Gasteiger partial charge < -0.3 is 4.57 Å². The topological polar surface area (TPSA) is 30.7 Å². The van der Waals surface area contributed by atoms with Crippen LogP contribution in [0.2, 0.25) is 0 Å². The summed E-state index contributed by atoms with van der Waals surface area (Å²) < 4.78 is 15.1. The Hall–Kier alpha value is -2.23. The number of fused-ring (bicyclic) bond motifs is 1. The van der Waals surface area contributed by atoms with Gasteiger partial charge in [-0.3, -0.25) is 0 Å². The van der Waals surface area contributed by atoms with Crippen LogP contribution in [-0.4, -0.2) is 14.5 Å². The second-order valence-corrected chi connectivity index (χ2v) is 4.84. The minimum absolute atomic E-state index is 0.212. The van der Waals surface area contributed by atoms with Crippen LogP contribution >= 0.6 is 0 Å². The fourth-order valence-corrected chi connectivity index (χ4v) is 2.36. The molecule has 0 atom stereocenters. The second kappa shape index (κ2) is 5.41. The average molecular weight is 269 g/mol. The van der Waals surface area contributed by atoms with E-state index in [1.54, 1.807) is 18.3 Å². The standard InChI is InChI=1S/C16H16FN3/c1-2-4-15-19-14-5-3-10-18-16(14)20(15)11-12-6-8-13(17)9-7-12/h3,5-10H,2,4,11H2,1H3. The van der Waals surface area contributed by atoms with Crippen molar-refractivity contribution in [1.82, 2.24) is 14.5 Å². The van der Waals surface area contributed by atoms with Crippen molar-refractivity contribution in [3.05, 3.63) is 59.8 Å². The molecule has 0 amide bonds. The normalized spacial score (nSPS) is 11.1. The molecule has 0 bridgehead atoms. The SMILES string of the molecule is CCCc1nc2cccnc2n1Cc1ccc(F)cc1. The summed E-state index contributed by atoms with van der Waals surface area (Å²) in [6.45, 7) is 2.80. The van der Waals surface area contributed by atoms with E-state index in [2.05, 4.69) is 21.5 Å². The van der Waals surface area contributed by atoms with Crippen molar-refractivity contribution < 1.29 is 4.39 Å². The van der Waals surface area contributed by atoms with Gasteiger partial charge in [-0.1, -0.05) is 19.1 Å². The lowest BCUT2D eigenvalue weighted by Gasteiger charge is -2.08. The number of hydrogen-bond acceptors (Lipinski definition) is 2. The number of aromatic nitrogens is 3. The number of rotatable bonds is 4. The Bertz CT molecular complexity index is 716. The van der Waals surface area contributed by atoms with Crippen LogP contribution in [-0.2, 0) is 13.0 Å². The first-order valence-electron chi connectivity index (χ1n) is 6.82. The summed E-state index contributed by atoms with van der Waals surface area (Å²) in [4.78, 5) is 9.07. The highest BCUT2D eigenvalue weighted by Crippen LogP contribution is 2.17. The van der Waals surface area contributed by atoms with Gasteiger partial charge in [0.25, 0.3) is 0 Å². The van der Waals surface area contributed by atoms with E-state index in [1.807, 2.05) is 12.1 Å². The zero-order valence-corrected chi connectivity index (χ0v) is 11.4. The van der Waals surface area contributed by atoms with Crippen molar-refractivity contribution >= 4 is 11.2 Å². The van der Waals surface area contributed by atoms with Crippen LogP contribution in [0, 0.1) is 5.82 Å². The molecule has 2 aromatic heterocycles. The lowest BCUT2D eigenvalue weighted by Crippen LogP contribution is -2.06. The van der Waals surface area contributed by atoms with Gasteiger partial charge in [0.2, 0.25) is 0 Å². The fraction of sp³-hybridized carbons (Fsp3) is 0.250. The molecule has 0 fully saturated rings. The van der Waals surface area contributed by atoms with Crippen molar-refractivity contribution in [2.45, 2.75) is 26.3 Å². The van der Waals surface area contributed by atoms with E-state index in [-0.39, 0.29) is 5.82 Å². The summed E-state index contributed by atoms with van der Waals surface area (Å²) in [5.74, 6) is 0.821. The monoisotopic (exact) mass is 269 g/mol. The molecule has 0 spiro atoms. The number of aryl methyl sites for hydroxylation is 1. The molecule has 0 saturated carbocycles. The minimum Gasteiger partial charge on any atom is -0.308 e. The predicted octanol–water partition coefficient (Wildman–Crippen LogP) is 3.57. The summed E-state index contributed by atoms with van der Waals surface area (Å²) in [6, 6.07) is 10.5. The maximum Gasteiger partial charge on any atom is 0.160 e. The van der Waals surface area contributed by atoms with Gasteiger partial charge in [-0.15, -0.1) is 0 Å². The molecule has 0 radical (unpaired) electrons. The van der Waals surface area contributed by atoms with E-state index in [1.165, 1.54) is 12.1 Å². The zero-order chi connectivity index (χ0) is 13.9. The van der Waals surface area contributed by atoms with E-state index in [9.17, 15) is 4.39 Å². The predicted molar refractivity (Wildman–Crippen MR) is 77.0 cm³/mol. The maximum absolute atomic E-state index is 13.0. The van der Waals surface area contributed by atoms with Crippen LogP contribution in [0.4, 0.5) is 4.39 Å². The van der Waals surface area contributed by atoms with Crippen molar-refractivity contribution in [1.29, 1.82) is 0 Å². The number of pyridine rings is 1. The molecule has 4 heteroatoms. The summed E-state index contributed by atoms with van der Waals surface area (Å²) in [7, 11) is 0. The Kier molecular flexibility index (Phi) is 3.46. The molecule has 1 aromatic carbocycles. The summed E-state index contributed by atoms with van der Waals surface area (Å²) >= 11 is 0. The van der Waals surface area contributed by atoms with E-state index in [0.717, 1.165) is 35.4 Å². The summed E-state index contributed by atoms with van der Waals surface area (Å²) in [6.07, 6.45) is 3.73. The molecule has 20 heavy (non-hydrogen) atoms. The third kappa shape index (κ3) is 2.41. The van der Waals surface area contributed by atoms with Gasteiger partial charge in [0.05, 0.1) is 6.54 Å². The van der Waals surface area contributed by atoms with Gasteiger partial charge in [0.15, 0.2) is 5.65 Å². The fourth-order valence-electron chi connectivity index (χ4n) is 2.36. The number of benzene rings is 1. The molecule has 0 aliphatic rings. The van der Waals surface area contributed by atoms with Crippen LogP contribution in [0.25, 0.3) is 11.2 Å². The van der Waals surface area contributed by atoms with Crippen molar-refractivity contribution in [3.8, 4) is 0 Å². The number of nitrogens with zero attached hydrogens (tertiary/aromatic N) is 3. The van der Waals surface area contributed by atoms with Crippen LogP contribution < -0.4 is 0 Å².